The van der Waals surface area contributed by atoms with E-state index in [1.54, 1.807) is 36.4 Å². The summed E-state index contributed by atoms with van der Waals surface area (Å²) in [5, 5.41) is 0.854. The molecule has 7 heteroatoms. The fraction of sp³-hybridized carbons (Fsp3) is 0.0870. The van der Waals surface area contributed by atoms with Crippen molar-refractivity contribution in [1.29, 1.82) is 0 Å². The normalized spacial score (nSPS) is 11.0. The van der Waals surface area contributed by atoms with Crippen LogP contribution < -0.4 is 5.56 Å². The molecule has 0 aliphatic carbocycles. The Morgan fingerprint density at radius 1 is 0.900 bits per heavy atom. The van der Waals surface area contributed by atoms with Gasteiger partial charge in [-0.05, 0) is 54.1 Å². The van der Waals surface area contributed by atoms with Crippen molar-refractivity contribution in [2.75, 3.05) is 5.75 Å². The second-order valence-corrected chi connectivity index (χ2v) is 7.59. The number of ketones is 1. The zero-order chi connectivity index (χ0) is 21.1. The van der Waals surface area contributed by atoms with Crippen molar-refractivity contribution in [1.82, 2.24) is 9.55 Å². The van der Waals surface area contributed by atoms with Gasteiger partial charge in [-0.25, -0.2) is 13.8 Å². The lowest BCUT2D eigenvalue weighted by molar-refractivity contribution is 0.102. The summed E-state index contributed by atoms with van der Waals surface area (Å²) in [5.74, 6) is -0.929. The molecule has 0 fully saturated rings. The van der Waals surface area contributed by atoms with Crippen molar-refractivity contribution in [3.8, 4) is 0 Å². The van der Waals surface area contributed by atoms with Crippen LogP contribution in [0, 0.1) is 11.6 Å². The molecule has 30 heavy (non-hydrogen) atoms. The van der Waals surface area contributed by atoms with E-state index in [1.165, 1.54) is 41.0 Å². The first-order valence-corrected chi connectivity index (χ1v) is 10.2. The van der Waals surface area contributed by atoms with Crippen LogP contribution in [0.1, 0.15) is 15.9 Å². The third kappa shape index (κ3) is 4.31. The van der Waals surface area contributed by atoms with Crippen LogP contribution in [-0.4, -0.2) is 21.1 Å². The number of thioether (sulfide) groups is 1. The van der Waals surface area contributed by atoms with Gasteiger partial charge in [-0.2, -0.15) is 0 Å². The van der Waals surface area contributed by atoms with Gasteiger partial charge in [0.25, 0.3) is 5.56 Å². The monoisotopic (exact) mass is 422 g/mol. The third-order valence-electron chi connectivity index (χ3n) is 4.58. The van der Waals surface area contributed by atoms with Crippen molar-refractivity contribution in [3.05, 3.63) is 106 Å². The second kappa shape index (κ2) is 8.59. The summed E-state index contributed by atoms with van der Waals surface area (Å²) in [6.07, 6.45) is 0. The fourth-order valence-corrected chi connectivity index (χ4v) is 3.91. The Bertz CT molecular complexity index is 1270. The van der Waals surface area contributed by atoms with Crippen LogP contribution in [0.15, 0.2) is 82.7 Å². The highest BCUT2D eigenvalue weighted by Gasteiger charge is 2.15. The molecule has 0 aliphatic rings. The number of hydrogen-bond donors (Lipinski definition) is 0. The Morgan fingerprint density at radius 2 is 1.53 bits per heavy atom. The second-order valence-electron chi connectivity index (χ2n) is 6.65. The number of nitrogens with zero attached hydrogens (tertiary/aromatic N) is 2. The zero-order valence-corrected chi connectivity index (χ0v) is 16.5. The maximum Gasteiger partial charge on any atom is 0.262 e. The van der Waals surface area contributed by atoms with Crippen molar-refractivity contribution in [2.45, 2.75) is 11.7 Å². The van der Waals surface area contributed by atoms with Crippen LogP contribution >= 0.6 is 11.8 Å². The average Bonchev–Trinajstić information content (AvgIpc) is 2.76. The Morgan fingerprint density at radius 3 is 2.23 bits per heavy atom. The quantitative estimate of drug-likeness (QED) is 0.257. The van der Waals surface area contributed by atoms with E-state index < -0.39 is 5.82 Å². The molecular weight excluding hydrogens is 406 g/mol. The van der Waals surface area contributed by atoms with E-state index in [0.29, 0.717) is 21.6 Å². The smallest absolute Gasteiger partial charge is 0.262 e. The summed E-state index contributed by atoms with van der Waals surface area (Å²) in [7, 11) is 0. The summed E-state index contributed by atoms with van der Waals surface area (Å²) >= 11 is 1.14. The maximum absolute atomic E-state index is 13.2. The highest BCUT2D eigenvalue weighted by molar-refractivity contribution is 7.99. The van der Waals surface area contributed by atoms with Gasteiger partial charge in [0.2, 0.25) is 0 Å². The fourth-order valence-electron chi connectivity index (χ4n) is 3.02. The molecule has 0 aliphatic heterocycles. The summed E-state index contributed by atoms with van der Waals surface area (Å²) in [4.78, 5) is 30.1. The topological polar surface area (TPSA) is 52.0 Å². The van der Waals surface area contributed by atoms with Crippen LogP contribution in [0.2, 0.25) is 0 Å². The molecule has 1 aromatic heterocycles. The number of aromatic nitrogens is 2. The SMILES string of the molecule is O=C(CSc1nc2ccccc2c(=O)n1Cc1ccc(F)cc1)c1ccc(F)cc1. The molecular formula is C23H16F2N2O2S. The van der Waals surface area contributed by atoms with Gasteiger partial charge in [0.05, 0.1) is 23.2 Å². The number of rotatable bonds is 6. The van der Waals surface area contributed by atoms with Gasteiger partial charge in [-0.3, -0.25) is 14.2 Å². The molecule has 0 saturated carbocycles. The van der Waals surface area contributed by atoms with Crippen LogP contribution in [0.3, 0.4) is 0 Å². The summed E-state index contributed by atoms with van der Waals surface area (Å²) in [6, 6.07) is 18.2. The number of hydrogen-bond acceptors (Lipinski definition) is 4. The molecule has 1 heterocycles. The van der Waals surface area contributed by atoms with Crippen molar-refractivity contribution >= 4 is 28.4 Å². The molecule has 0 saturated heterocycles. The molecule has 150 valence electrons. The van der Waals surface area contributed by atoms with Gasteiger partial charge < -0.3 is 0 Å². The van der Waals surface area contributed by atoms with E-state index in [0.717, 1.165) is 17.3 Å². The van der Waals surface area contributed by atoms with Gasteiger partial charge in [0, 0.05) is 5.56 Å². The molecule has 0 N–H and O–H groups in total. The summed E-state index contributed by atoms with van der Waals surface area (Å²) in [6.45, 7) is 0.198. The van der Waals surface area contributed by atoms with Crippen molar-refractivity contribution in [2.24, 2.45) is 0 Å². The van der Waals surface area contributed by atoms with E-state index >= 15 is 0 Å². The van der Waals surface area contributed by atoms with E-state index in [-0.39, 0.29) is 29.5 Å². The molecule has 3 aromatic carbocycles. The number of carbonyl (C=O) groups is 1. The van der Waals surface area contributed by atoms with Crippen LogP contribution in [0.25, 0.3) is 10.9 Å². The van der Waals surface area contributed by atoms with Crippen LogP contribution in [-0.2, 0) is 6.54 Å². The Labute approximate surface area is 175 Å². The van der Waals surface area contributed by atoms with E-state index in [2.05, 4.69) is 4.98 Å². The summed E-state index contributed by atoms with van der Waals surface area (Å²) < 4.78 is 27.8. The minimum atomic E-state index is -0.413. The number of Topliss-reactive ketones (excluding diaryl/α,β-unsaturated/α-hetero) is 1. The number of fused-ring (bicyclic) bond motifs is 1. The van der Waals surface area contributed by atoms with Gasteiger partial charge >= 0.3 is 0 Å². The molecule has 4 rings (SSSR count). The number of para-hydroxylation sites is 1. The molecule has 0 radical (unpaired) electrons. The average molecular weight is 422 g/mol. The highest BCUT2D eigenvalue weighted by Crippen LogP contribution is 2.20. The van der Waals surface area contributed by atoms with E-state index in [4.69, 9.17) is 0 Å². The van der Waals surface area contributed by atoms with E-state index in [1.807, 2.05) is 0 Å². The number of benzene rings is 3. The molecule has 0 amide bonds. The molecule has 0 bridgehead atoms. The third-order valence-corrected chi connectivity index (χ3v) is 5.56. The first kappa shape index (κ1) is 20.0. The van der Waals surface area contributed by atoms with E-state index in [9.17, 15) is 18.4 Å². The van der Waals surface area contributed by atoms with Gasteiger partial charge in [-0.15, -0.1) is 0 Å². The standard InChI is InChI=1S/C23H16F2N2O2S/c24-17-9-5-15(6-10-17)13-27-22(29)19-3-1-2-4-20(19)26-23(27)30-14-21(28)16-7-11-18(25)12-8-16/h1-12H,13-14H2. The van der Waals surface area contributed by atoms with Crippen molar-refractivity contribution in [3.63, 3.8) is 0 Å². The maximum atomic E-state index is 13.2. The molecule has 0 atom stereocenters. The van der Waals surface area contributed by atoms with Crippen molar-refractivity contribution < 1.29 is 13.6 Å². The number of halogens is 2. The van der Waals surface area contributed by atoms with Crippen LogP contribution in [0.4, 0.5) is 8.78 Å². The largest absolute Gasteiger partial charge is 0.293 e. The first-order valence-electron chi connectivity index (χ1n) is 9.17. The predicted octanol–water partition coefficient (Wildman–Crippen LogP) is 4.70. The van der Waals surface area contributed by atoms with Gasteiger partial charge in [0.1, 0.15) is 11.6 Å². The predicted molar refractivity (Wildman–Crippen MR) is 113 cm³/mol. The zero-order valence-electron chi connectivity index (χ0n) is 15.7. The van der Waals surface area contributed by atoms with Crippen LogP contribution in [0.5, 0.6) is 0 Å². The number of carbonyl (C=O) groups excluding carboxylic acids is 1. The van der Waals surface area contributed by atoms with Gasteiger partial charge in [0.15, 0.2) is 10.9 Å². The Hall–Kier alpha value is -3.32. The minimum Gasteiger partial charge on any atom is -0.293 e. The molecule has 0 spiro atoms. The lowest BCUT2D eigenvalue weighted by atomic mass is 10.1. The molecule has 0 unspecified atom stereocenters. The Balaban J connectivity index is 1.68. The Kier molecular flexibility index (Phi) is 5.72. The minimum absolute atomic E-state index is 0.0415. The molecule has 4 aromatic rings. The summed E-state index contributed by atoms with van der Waals surface area (Å²) in [5.41, 5.74) is 1.43. The lowest BCUT2D eigenvalue weighted by Gasteiger charge is -2.13. The molecule has 4 nitrogen and oxygen atoms in total. The lowest BCUT2D eigenvalue weighted by Crippen LogP contribution is -2.24. The first-order chi connectivity index (χ1) is 14.5. The highest BCUT2D eigenvalue weighted by atomic mass is 32.2. The van der Waals surface area contributed by atoms with Gasteiger partial charge in [-0.1, -0.05) is 36.0 Å².